The number of hydrogen-bond acceptors (Lipinski definition) is 3. The van der Waals surface area contributed by atoms with Crippen molar-refractivity contribution >= 4 is 5.82 Å². The summed E-state index contributed by atoms with van der Waals surface area (Å²) in [5, 5.41) is 9.31. The fourth-order valence-electron chi connectivity index (χ4n) is 2.45. The minimum Gasteiger partial charge on any atom is -0.383 e. The van der Waals surface area contributed by atoms with Crippen LogP contribution in [-0.2, 0) is 12.6 Å². The number of anilines is 1. The smallest absolute Gasteiger partial charge is 0.383 e. The third-order valence-corrected chi connectivity index (χ3v) is 3.50. The normalized spacial score (nSPS) is 11.3. The highest BCUT2D eigenvalue weighted by Gasteiger charge is 2.30. The van der Waals surface area contributed by atoms with Crippen LogP contribution in [0, 0.1) is 18.3 Å². The molecule has 1 aromatic heterocycles. The maximum Gasteiger partial charge on any atom is 0.416 e. The molecule has 0 unspecified atom stereocenters. The second-order valence-corrected chi connectivity index (χ2v) is 4.85. The molecule has 2 N–H and O–H groups in total. The first kappa shape index (κ1) is 15.8. The van der Waals surface area contributed by atoms with Gasteiger partial charge < -0.3 is 5.73 Å². The maximum absolute atomic E-state index is 12.7. The molecule has 0 atom stereocenters. The molecule has 1 heterocycles. The molecule has 6 heteroatoms. The van der Waals surface area contributed by atoms with Gasteiger partial charge in [0.05, 0.1) is 5.56 Å². The first-order chi connectivity index (χ1) is 10.3. The van der Waals surface area contributed by atoms with Crippen molar-refractivity contribution in [2.45, 2.75) is 26.4 Å². The van der Waals surface area contributed by atoms with Gasteiger partial charge in [0, 0.05) is 11.3 Å². The van der Waals surface area contributed by atoms with Gasteiger partial charge >= 0.3 is 6.18 Å². The van der Waals surface area contributed by atoms with Gasteiger partial charge in [-0.15, -0.1) is 0 Å². The Kier molecular flexibility index (Phi) is 4.09. The Morgan fingerprint density at radius 3 is 2.27 bits per heavy atom. The third-order valence-electron chi connectivity index (χ3n) is 3.50. The van der Waals surface area contributed by atoms with Crippen molar-refractivity contribution in [3.63, 3.8) is 0 Å². The predicted molar refractivity (Wildman–Crippen MR) is 77.9 cm³/mol. The summed E-state index contributed by atoms with van der Waals surface area (Å²) in [6.07, 6.45) is -3.79. The molecule has 22 heavy (non-hydrogen) atoms. The van der Waals surface area contributed by atoms with E-state index < -0.39 is 11.7 Å². The first-order valence-electron chi connectivity index (χ1n) is 6.66. The Hall–Kier alpha value is -2.55. The number of rotatable bonds is 2. The fraction of sp³-hybridized carbons (Fsp3) is 0.250. The van der Waals surface area contributed by atoms with Crippen LogP contribution in [0.3, 0.4) is 0 Å². The number of nitrogen functional groups attached to an aromatic ring is 1. The molecule has 2 rings (SSSR count). The minimum absolute atomic E-state index is 0.0899. The Balaban J connectivity index is 2.69. The number of benzene rings is 1. The number of aryl methyl sites for hydroxylation is 1. The fourth-order valence-corrected chi connectivity index (χ4v) is 2.45. The highest BCUT2D eigenvalue weighted by molar-refractivity contribution is 5.79. The maximum atomic E-state index is 12.7. The summed E-state index contributed by atoms with van der Waals surface area (Å²) < 4.78 is 38.0. The third kappa shape index (κ3) is 2.75. The largest absolute Gasteiger partial charge is 0.416 e. The number of nitrogens with two attached hydrogens (primary N) is 1. The van der Waals surface area contributed by atoms with Crippen molar-refractivity contribution in [2.24, 2.45) is 0 Å². The van der Waals surface area contributed by atoms with Crippen molar-refractivity contribution in [1.82, 2.24) is 4.98 Å². The van der Waals surface area contributed by atoms with Crippen LogP contribution in [0.1, 0.15) is 29.3 Å². The summed E-state index contributed by atoms with van der Waals surface area (Å²) in [5.74, 6) is 0.0899. The Labute approximate surface area is 126 Å². The number of pyridine rings is 1. The minimum atomic E-state index is -4.39. The average Bonchev–Trinajstić information content (AvgIpc) is 2.46. The average molecular weight is 305 g/mol. The number of alkyl halides is 3. The molecule has 0 radical (unpaired) electrons. The van der Waals surface area contributed by atoms with Crippen LogP contribution < -0.4 is 5.73 Å². The van der Waals surface area contributed by atoms with Gasteiger partial charge in [-0.05, 0) is 36.6 Å². The summed E-state index contributed by atoms with van der Waals surface area (Å²) >= 11 is 0. The van der Waals surface area contributed by atoms with E-state index in [2.05, 4.69) is 4.98 Å². The van der Waals surface area contributed by atoms with Gasteiger partial charge in [-0.1, -0.05) is 19.1 Å². The lowest BCUT2D eigenvalue weighted by Crippen LogP contribution is -2.06. The molecule has 0 saturated heterocycles. The van der Waals surface area contributed by atoms with E-state index in [0.717, 1.165) is 17.7 Å². The van der Waals surface area contributed by atoms with Gasteiger partial charge in [0.15, 0.2) is 0 Å². The molecule has 0 fully saturated rings. The Bertz CT molecular complexity index is 741. The second kappa shape index (κ2) is 5.68. The standard InChI is InChI=1S/C16H14F3N3/c1-3-12-9(2)22-15(21)13(8-20)14(12)10-4-6-11(7-5-10)16(17,18)19/h4-7H,3H2,1-2H3,(H2,21,22). The zero-order valence-corrected chi connectivity index (χ0v) is 12.1. The number of hydrogen-bond donors (Lipinski definition) is 1. The second-order valence-electron chi connectivity index (χ2n) is 4.85. The molecule has 0 spiro atoms. The predicted octanol–water partition coefficient (Wildman–Crippen LogP) is 4.09. The molecule has 3 nitrogen and oxygen atoms in total. The lowest BCUT2D eigenvalue weighted by atomic mass is 9.92. The van der Waals surface area contributed by atoms with Gasteiger partial charge in [0.1, 0.15) is 17.5 Å². The first-order valence-corrected chi connectivity index (χ1v) is 6.66. The van der Waals surface area contributed by atoms with Crippen LogP contribution in [0.15, 0.2) is 24.3 Å². The van der Waals surface area contributed by atoms with Crippen LogP contribution in [-0.4, -0.2) is 4.98 Å². The van der Waals surface area contributed by atoms with Gasteiger partial charge in [0.25, 0.3) is 0 Å². The van der Waals surface area contributed by atoms with E-state index in [9.17, 15) is 18.4 Å². The van der Waals surface area contributed by atoms with E-state index in [0.29, 0.717) is 23.2 Å². The lowest BCUT2D eigenvalue weighted by Gasteiger charge is -2.15. The number of nitrogens with zero attached hydrogens (tertiary/aromatic N) is 2. The zero-order valence-electron chi connectivity index (χ0n) is 12.1. The molecule has 0 amide bonds. The van der Waals surface area contributed by atoms with Crippen molar-refractivity contribution in [2.75, 3.05) is 5.73 Å². The zero-order chi connectivity index (χ0) is 16.5. The quantitative estimate of drug-likeness (QED) is 0.909. The Morgan fingerprint density at radius 1 is 1.23 bits per heavy atom. The van der Waals surface area contributed by atoms with Crippen LogP contribution in [0.2, 0.25) is 0 Å². The van der Waals surface area contributed by atoms with Crippen molar-refractivity contribution < 1.29 is 13.2 Å². The SMILES string of the molecule is CCc1c(C)nc(N)c(C#N)c1-c1ccc(C(F)(F)F)cc1. The van der Waals surface area contributed by atoms with E-state index in [1.807, 2.05) is 13.0 Å². The summed E-state index contributed by atoms with van der Waals surface area (Å²) in [7, 11) is 0. The molecule has 0 bridgehead atoms. The van der Waals surface area contributed by atoms with Gasteiger partial charge in [-0.3, -0.25) is 0 Å². The summed E-state index contributed by atoms with van der Waals surface area (Å²) in [4.78, 5) is 4.13. The lowest BCUT2D eigenvalue weighted by molar-refractivity contribution is -0.137. The molecule has 1 aromatic carbocycles. The molecule has 0 aliphatic heterocycles. The van der Waals surface area contributed by atoms with Gasteiger partial charge in [-0.25, -0.2) is 4.98 Å². The monoisotopic (exact) mass is 305 g/mol. The number of nitriles is 1. The summed E-state index contributed by atoms with van der Waals surface area (Å²) in [5.41, 5.74) is 7.82. The molecular formula is C16H14F3N3. The Morgan fingerprint density at radius 2 is 1.82 bits per heavy atom. The van der Waals surface area contributed by atoms with E-state index in [4.69, 9.17) is 5.73 Å². The van der Waals surface area contributed by atoms with Gasteiger partial charge in [-0.2, -0.15) is 18.4 Å². The molecular weight excluding hydrogens is 291 g/mol. The topological polar surface area (TPSA) is 62.7 Å². The van der Waals surface area contributed by atoms with Crippen LogP contribution in [0.4, 0.5) is 19.0 Å². The van der Waals surface area contributed by atoms with E-state index in [1.54, 1.807) is 6.92 Å². The number of aromatic nitrogens is 1. The highest BCUT2D eigenvalue weighted by atomic mass is 19.4. The van der Waals surface area contributed by atoms with Crippen LogP contribution >= 0.6 is 0 Å². The van der Waals surface area contributed by atoms with E-state index in [-0.39, 0.29) is 11.4 Å². The van der Waals surface area contributed by atoms with Gasteiger partial charge in [0.2, 0.25) is 0 Å². The van der Waals surface area contributed by atoms with E-state index in [1.165, 1.54) is 12.1 Å². The molecule has 2 aromatic rings. The van der Waals surface area contributed by atoms with Crippen molar-refractivity contribution in [3.05, 3.63) is 46.6 Å². The summed E-state index contributed by atoms with van der Waals surface area (Å²) in [6, 6.07) is 6.72. The number of halogens is 3. The van der Waals surface area contributed by atoms with Crippen LogP contribution in [0.25, 0.3) is 11.1 Å². The van der Waals surface area contributed by atoms with E-state index >= 15 is 0 Å². The molecule has 0 aliphatic carbocycles. The van der Waals surface area contributed by atoms with Crippen LogP contribution in [0.5, 0.6) is 0 Å². The molecule has 114 valence electrons. The highest BCUT2D eigenvalue weighted by Crippen LogP contribution is 2.35. The molecule has 0 aliphatic rings. The van der Waals surface area contributed by atoms with Crippen molar-refractivity contribution in [3.8, 4) is 17.2 Å². The molecule has 0 saturated carbocycles. The summed E-state index contributed by atoms with van der Waals surface area (Å²) in [6.45, 7) is 3.67. The van der Waals surface area contributed by atoms with Crippen molar-refractivity contribution in [1.29, 1.82) is 5.26 Å².